The number of hydrogen-bond acceptors (Lipinski definition) is 2. The summed E-state index contributed by atoms with van der Waals surface area (Å²) < 4.78 is 0. The summed E-state index contributed by atoms with van der Waals surface area (Å²) in [5.41, 5.74) is -0.909. The molecule has 1 rings (SSSR count). The Kier molecular flexibility index (Phi) is 3.49. The zero-order valence-electron chi connectivity index (χ0n) is 7.55. The van der Waals surface area contributed by atoms with E-state index >= 15 is 0 Å². The summed E-state index contributed by atoms with van der Waals surface area (Å²) in [6.45, 7) is 1.70. The maximum absolute atomic E-state index is 9.53. The van der Waals surface area contributed by atoms with Crippen LogP contribution in [0.2, 0.25) is 0 Å². The van der Waals surface area contributed by atoms with Crippen molar-refractivity contribution in [2.24, 2.45) is 0 Å². The molecular formula is C10H16OS. The molecule has 0 radical (unpaired) electrons. The lowest BCUT2D eigenvalue weighted by Gasteiger charge is -2.17. The molecule has 12 heavy (non-hydrogen) atoms. The van der Waals surface area contributed by atoms with E-state index in [0.717, 1.165) is 5.25 Å². The molecule has 1 N–H and O–H groups in total. The zero-order valence-corrected chi connectivity index (χ0v) is 8.36. The highest BCUT2D eigenvalue weighted by molar-refractivity contribution is 8.00. The molecule has 0 aromatic heterocycles. The van der Waals surface area contributed by atoms with E-state index in [-0.39, 0.29) is 0 Å². The Hall–Kier alpha value is -0.130. The molecule has 0 aromatic carbocycles. The number of hydrogen-bond donors (Lipinski definition) is 1. The van der Waals surface area contributed by atoms with Gasteiger partial charge in [0.15, 0.2) is 0 Å². The Morgan fingerprint density at radius 3 is 2.67 bits per heavy atom. The van der Waals surface area contributed by atoms with Crippen LogP contribution in [0.3, 0.4) is 0 Å². The topological polar surface area (TPSA) is 20.2 Å². The summed E-state index contributed by atoms with van der Waals surface area (Å²) >= 11 is 1.82. The summed E-state index contributed by atoms with van der Waals surface area (Å²) in [5, 5.41) is 10.3. The third kappa shape index (κ3) is 3.08. The number of thioether (sulfide) groups is 1. The van der Waals surface area contributed by atoms with Crippen LogP contribution in [0.1, 0.15) is 32.6 Å². The van der Waals surface area contributed by atoms with Crippen molar-refractivity contribution in [3.8, 4) is 12.3 Å². The van der Waals surface area contributed by atoms with Crippen molar-refractivity contribution in [3.63, 3.8) is 0 Å². The predicted molar refractivity (Wildman–Crippen MR) is 54.2 cm³/mol. The van der Waals surface area contributed by atoms with Crippen LogP contribution in [-0.2, 0) is 0 Å². The third-order valence-corrected chi connectivity index (χ3v) is 3.88. The van der Waals surface area contributed by atoms with E-state index in [2.05, 4.69) is 5.92 Å². The van der Waals surface area contributed by atoms with Crippen LogP contribution < -0.4 is 0 Å². The zero-order chi connectivity index (χ0) is 9.03. The maximum atomic E-state index is 9.53. The van der Waals surface area contributed by atoms with Gasteiger partial charge in [0.05, 0.1) is 0 Å². The summed E-state index contributed by atoms with van der Waals surface area (Å²) in [6, 6.07) is 0. The summed E-state index contributed by atoms with van der Waals surface area (Å²) in [7, 11) is 0. The van der Waals surface area contributed by atoms with Gasteiger partial charge in [0.2, 0.25) is 0 Å². The first-order chi connectivity index (χ1) is 5.64. The molecule has 0 spiro atoms. The molecule has 1 nitrogen and oxygen atoms in total. The van der Waals surface area contributed by atoms with Gasteiger partial charge in [-0.3, -0.25) is 0 Å². The second kappa shape index (κ2) is 4.20. The van der Waals surface area contributed by atoms with Crippen molar-refractivity contribution in [1.29, 1.82) is 0 Å². The van der Waals surface area contributed by atoms with Crippen molar-refractivity contribution < 1.29 is 5.11 Å². The van der Waals surface area contributed by atoms with Gasteiger partial charge in [-0.2, -0.15) is 11.8 Å². The minimum Gasteiger partial charge on any atom is -0.377 e. The average molecular weight is 184 g/mol. The van der Waals surface area contributed by atoms with E-state index in [1.54, 1.807) is 6.92 Å². The molecular weight excluding hydrogens is 168 g/mol. The van der Waals surface area contributed by atoms with E-state index in [9.17, 15) is 5.11 Å². The highest BCUT2D eigenvalue weighted by atomic mass is 32.2. The SMILES string of the molecule is C#CC(C)(O)CSC1CCCC1. The van der Waals surface area contributed by atoms with E-state index in [0.29, 0.717) is 5.75 Å². The van der Waals surface area contributed by atoms with Crippen LogP contribution in [0.15, 0.2) is 0 Å². The Morgan fingerprint density at radius 2 is 2.17 bits per heavy atom. The fourth-order valence-electron chi connectivity index (χ4n) is 1.38. The largest absolute Gasteiger partial charge is 0.377 e. The van der Waals surface area contributed by atoms with Crippen molar-refractivity contribution in [2.45, 2.75) is 43.5 Å². The van der Waals surface area contributed by atoms with Crippen molar-refractivity contribution in [3.05, 3.63) is 0 Å². The Labute approximate surface area is 78.9 Å². The Bertz CT molecular complexity index is 175. The molecule has 1 saturated carbocycles. The van der Waals surface area contributed by atoms with Gasteiger partial charge >= 0.3 is 0 Å². The second-order valence-corrected chi connectivity index (χ2v) is 4.92. The predicted octanol–water partition coefficient (Wildman–Crippen LogP) is 2.05. The summed E-state index contributed by atoms with van der Waals surface area (Å²) in [4.78, 5) is 0. The first kappa shape index (κ1) is 9.95. The molecule has 1 unspecified atom stereocenters. The number of rotatable bonds is 3. The lowest BCUT2D eigenvalue weighted by atomic mass is 10.2. The van der Waals surface area contributed by atoms with Gasteiger partial charge < -0.3 is 5.11 Å². The van der Waals surface area contributed by atoms with Crippen molar-refractivity contribution in [2.75, 3.05) is 5.75 Å². The quantitative estimate of drug-likeness (QED) is 0.677. The van der Waals surface area contributed by atoms with Crippen LogP contribution in [0.4, 0.5) is 0 Å². The molecule has 68 valence electrons. The highest BCUT2D eigenvalue weighted by Crippen LogP contribution is 2.31. The van der Waals surface area contributed by atoms with Gasteiger partial charge in [0.25, 0.3) is 0 Å². The fraction of sp³-hybridized carbons (Fsp3) is 0.800. The molecule has 0 aromatic rings. The first-order valence-electron chi connectivity index (χ1n) is 4.46. The maximum Gasteiger partial charge on any atom is 0.131 e. The smallest absolute Gasteiger partial charge is 0.131 e. The van der Waals surface area contributed by atoms with E-state index in [1.807, 2.05) is 11.8 Å². The van der Waals surface area contributed by atoms with Crippen LogP contribution >= 0.6 is 11.8 Å². The number of terminal acetylenes is 1. The molecule has 1 fully saturated rings. The van der Waals surface area contributed by atoms with Crippen molar-refractivity contribution >= 4 is 11.8 Å². The fourth-order valence-corrected chi connectivity index (χ4v) is 2.69. The monoisotopic (exact) mass is 184 g/mol. The molecule has 1 atom stereocenters. The van der Waals surface area contributed by atoms with Gasteiger partial charge in [-0.25, -0.2) is 0 Å². The van der Waals surface area contributed by atoms with Crippen LogP contribution in [0.25, 0.3) is 0 Å². The van der Waals surface area contributed by atoms with Crippen LogP contribution in [0, 0.1) is 12.3 Å². The van der Waals surface area contributed by atoms with Crippen LogP contribution in [0.5, 0.6) is 0 Å². The van der Waals surface area contributed by atoms with Gasteiger partial charge in [0.1, 0.15) is 5.60 Å². The number of aliphatic hydroxyl groups is 1. The highest BCUT2D eigenvalue weighted by Gasteiger charge is 2.21. The van der Waals surface area contributed by atoms with Crippen LogP contribution in [-0.4, -0.2) is 21.7 Å². The second-order valence-electron chi connectivity index (χ2n) is 3.64. The van der Waals surface area contributed by atoms with Gasteiger partial charge in [0, 0.05) is 11.0 Å². The molecule has 0 bridgehead atoms. The third-order valence-electron chi connectivity index (χ3n) is 2.21. The molecule has 0 saturated heterocycles. The average Bonchev–Trinajstić information content (AvgIpc) is 2.53. The van der Waals surface area contributed by atoms with Crippen molar-refractivity contribution in [1.82, 2.24) is 0 Å². The lowest BCUT2D eigenvalue weighted by Crippen LogP contribution is -2.25. The minimum absolute atomic E-state index is 0.675. The minimum atomic E-state index is -0.909. The standard InChI is InChI=1S/C10H16OS/c1-3-10(2,11)8-12-9-6-4-5-7-9/h1,9,11H,4-8H2,2H3. The van der Waals surface area contributed by atoms with Gasteiger partial charge in [-0.05, 0) is 19.8 Å². The molecule has 0 amide bonds. The molecule has 0 aliphatic heterocycles. The lowest BCUT2D eigenvalue weighted by molar-refractivity contribution is 0.149. The Balaban J connectivity index is 2.21. The van der Waals surface area contributed by atoms with E-state index in [4.69, 9.17) is 6.42 Å². The summed E-state index contributed by atoms with van der Waals surface area (Å²) in [6.07, 6.45) is 10.5. The Morgan fingerprint density at radius 1 is 1.58 bits per heavy atom. The molecule has 1 aliphatic rings. The molecule has 2 heteroatoms. The van der Waals surface area contributed by atoms with Gasteiger partial charge in [-0.1, -0.05) is 18.8 Å². The molecule has 1 aliphatic carbocycles. The van der Waals surface area contributed by atoms with E-state index < -0.39 is 5.60 Å². The van der Waals surface area contributed by atoms with E-state index in [1.165, 1.54) is 25.7 Å². The summed E-state index contributed by atoms with van der Waals surface area (Å²) in [5.74, 6) is 3.07. The normalized spacial score (nSPS) is 23.4. The van der Waals surface area contributed by atoms with Gasteiger partial charge in [-0.15, -0.1) is 6.42 Å². The molecule has 0 heterocycles. The first-order valence-corrected chi connectivity index (χ1v) is 5.51.